The second-order valence-corrected chi connectivity index (χ2v) is 2.96. The van der Waals surface area contributed by atoms with E-state index in [4.69, 9.17) is 0 Å². The molecule has 2 aliphatic heterocycles. The third-order valence-corrected chi connectivity index (χ3v) is 2.19. The molecule has 0 saturated carbocycles. The van der Waals surface area contributed by atoms with E-state index in [9.17, 15) is 0 Å². The molecule has 0 aliphatic carbocycles. The second-order valence-electron chi connectivity index (χ2n) is 2.96. The Morgan fingerprint density at radius 2 is 2.00 bits per heavy atom. The fourth-order valence-corrected chi connectivity index (χ4v) is 1.36. The molecular weight excluding hydrogens is 146 g/mol. The molecule has 1 nitrogen and oxygen atoms in total. The van der Waals surface area contributed by atoms with Crippen LogP contribution in [0.4, 0.5) is 0 Å². The molecule has 0 amide bonds. The summed E-state index contributed by atoms with van der Waals surface area (Å²) in [5.41, 5.74) is 3.57. The molecule has 0 bridgehead atoms. The van der Waals surface area contributed by atoms with Gasteiger partial charge in [-0.3, -0.25) is 0 Å². The monoisotopic (exact) mass is 157 g/mol. The maximum Gasteiger partial charge on any atom is 0.0484 e. The van der Waals surface area contributed by atoms with Crippen LogP contribution in [0.1, 0.15) is 6.92 Å². The number of hydrogen-bond donors (Lipinski definition) is 0. The highest BCUT2D eigenvalue weighted by Crippen LogP contribution is 2.26. The maximum atomic E-state index is 3.96. The highest BCUT2D eigenvalue weighted by molar-refractivity contribution is 5.48. The maximum absolute atomic E-state index is 3.96. The van der Waals surface area contributed by atoms with Crippen molar-refractivity contribution in [2.75, 3.05) is 0 Å². The van der Waals surface area contributed by atoms with Gasteiger partial charge in [-0.25, -0.2) is 0 Å². The van der Waals surface area contributed by atoms with E-state index in [-0.39, 0.29) is 0 Å². The summed E-state index contributed by atoms with van der Waals surface area (Å²) in [5, 5.41) is 0. The molecule has 12 heavy (non-hydrogen) atoms. The molecule has 2 heterocycles. The number of nitrogens with zero attached hydrogens (tertiary/aromatic N) is 1. The van der Waals surface area contributed by atoms with Gasteiger partial charge in [0.2, 0.25) is 0 Å². The zero-order chi connectivity index (χ0) is 8.55. The van der Waals surface area contributed by atoms with Crippen molar-refractivity contribution >= 4 is 0 Å². The van der Waals surface area contributed by atoms with Gasteiger partial charge >= 0.3 is 0 Å². The van der Waals surface area contributed by atoms with Crippen molar-refractivity contribution < 1.29 is 0 Å². The van der Waals surface area contributed by atoms with E-state index in [2.05, 4.69) is 24.5 Å². The number of fused-ring (bicyclic) bond motifs is 1. The Morgan fingerprint density at radius 1 is 1.17 bits per heavy atom. The van der Waals surface area contributed by atoms with Gasteiger partial charge in [-0.15, -0.1) is 0 Å². The summed E-state index contributed by atoms with van der Waals surface area (Å²) in [6.07, 6.45) is 12.3. The molecule has 0 fully saturated rings. The third kappa shape index (κ3) is 0.944. The van der Waals surface area contributed by atoms with Crippen molar-refractivity contribution in [1.29, 1.82) is 0 Å². The molecule has 0 N–H and O–H groups in total. The molecular formula is C11H11N. The first-order valence-corrected chi connectivity index (χ1v) is 4.00. The molecule has 2 aliphatic rings. The van der Waals surface area contributed by atoms with Crippen LogP contribution >= 0.6 is 0 Å². The molecule has 1 heteroatoms. The molecule has 0 aromatic carbocycles. The van der Waals surface area contributed by atoms with E-state index >= 15 is 0 Å². The zero-order valence-corrected chi connectivity index (χ0v) is 7.12. The summed E-state index contributed by atoms with van der Waals surface area (Å²) >= 11 is 0. The van der Waals surface area contributed by atoms with Crippen LogP contribution in [0.15, 0.2) is 60.1 Å². The first-order valence-electron chi connectivity index (χ1n) is 4.00. The smallest absolute Gasteiger partial charge is 0.0484 e. The Labute approximate surface area is 72.7 Å². The van der Waals surface area contributed by atoms with E-state index in [1.54, 1.807) is 0 Å². The molecule has 2 rings (SSSR count). The standard InChI is InChI=1S/C11H11N/c1-9-6-8-12-7-4-3-5-11(12)10(9)2/h3-8H,1H2,2H3. The highest BCUT2D eigenvalue weighted by Gasteiger charge is 2.12. The van der Waals surface area contributed by atoms with Gasteiger partial charge in [0.25, 0.3) is 0 Å². The summed E-state index contributed by atoms with van der Waals surface area (Å²) < 4.78 is 0. The van der Waals surface area contributed by atoms with Crippen LogP contribution in [-0.2, 0) is 0 Å². The SMILES string of the molecule is C=C1C=CN2C=CC=CC2=C1C. The lowest BCUT2D eigenvalue weighted by Crippen LogP contribution is -2.14. The van der Waals surface area contributed by atoms with E-state index in [0.29, 0.717) is 0 Å². The zero-order valence-electron chi connectivity index (χ0n) is 7.12. The van der Waals surface area contributed by atoms with Gasteiger partial charge in [-0.2, -0.15) is 0 Å². The predicted octanol–water partition coefficient (Wildman–Crippen LogP) is 2.73. The summed E-state index contributed by atoms with van der Waals surface area (Å²) in [5.74, 6) is 0. The topological polar surface area (TPSA) is 3.24 Å². The van der Waals surface area contributed by atoms with Gasteiger partial charge in [0, 0.05) is 18.1 Å². The molecule has 0 atom stereocenters. The van der Waals surface area contributed by atoms with Crippen LogP contribution in [0.2, 0.25) is 0 Å². The summed E-state index contributed by atoms with van der Waals surface area (Å²) in [6.45, 7) is 6.05. The lowest BCUT2D eigenvalue weighted by molar-refractivity contribution is 0.629. The molecule has 0 aromatic heterocycles. The van der Waals surface area contributed by atoms with Crippen molar-refractivity contribution in [3.63, 3.8) is 0 Å². The summed E-state index contributed by atoms with van der Waals surface area (Å²) in [4.78, 5) is 2.10. The van der Waals surface area contributed by atoms with Gasteiger partial charge in [0.05, 0.1) is 0 Å². The minimum Gasteiger partial charge on any atom is -0.324 e. The van der Waals surface area contributed by atoms with Crippen molar-refractivity contribution in [2.24, 2.45) is 0 Å². The Morgan fingerprint density at radius 3 is 2.83 bits per heavy atom. The second kappa shape index (κ2) is 2.52. The van der Waals surface area contributed by atoms with Gasteiger partial charge < -0.3 is 4.90 Å². The normalized spacial score (nSPS) is 20.4. The van der Waals surface area contributed by atoms with Gasteiger partial charge in [-0.05, 0) is 36.3 Å². The minimum atomic E-state index is 1.10. The molecule has 60 valence electrons. The number of hydrogen-bond acceptors (Lipinski definition) is 1. The fraction of sp³-hybridized carbons (Fsp3) is 0.0909. The van der Waals surface area contributed by atoms with E-state index < -0.39 is 0 Å². The third-order valence-electron chi connectivity index (χ3n) is 2.19. The molecule has 0 radical (unpaired) electrons. The molecule has 0 unspecified atom stereocenters. The van der Waals surface area contributed by atoms with Crippen LogP contribution in [-0.4, -0.2) is 4.90 Å². The quantitative estimate of drug-likeness (QED) is 0.522. The molecule has 0 saturated heterocycles. The number of allylic oxidation sites excluding steroid dienone is 6. The Bertz CT molecular complexity index is 340. The van der Waals surface area contributed by atoms with Crippen molar-refractivity contribution in [2.45, 2.75) is 6.92 Å². The van der Waals surface area contributed by atoms with Gasteiger partial charge in [0.15, 0.2) is 0 Å². The Kier molecular flexibility index (Phi) is 1.51. The predicted molar refractivity (Wildman–Crippen MR) is 51.1 cm³/mol. The van der Waals surface area contributed by atoms with Crippen molar-refractivity contribution in [3.05, 3.63) is 60.1 Å². The Hall–Kier alpha value is -1.50. The van der Waals surface area contributed by atoms with Crippen LogP contribution < -0.4 is 0 Å². The van der Waals surface area contributed by atoms with E-state index in [1.807, 2.05) is 30.6 Å². The minimum absolute atomic E-state index is 1.10. The lowest BCUT2D eigenvalue weighted by atomic mass is 10.0. The van der Waals surface area contributed by atoms with E-state index in [0.717, 1.165) is 5.57 Å². The van der Waals surface area contributed by atoms with Crippen LogP contribution in [0.25, 0.3) is 0 Å². The first kappa shape index (κ1) is 7.17. The van der Waals surface area contributed by atoms with Crippen molar-refractivity contribution in [1.82, 2.24) is 4.90 Å². The van der Waals surface area contributed by atoms with Gasteiger partial charge in [-0.1, -0.05) is 12.7 Å². The largest absolute Gasteiger partial charge is 0.324 e. The van der Waals surface area contributed by atoms with Crippen LogP contribution in [0.3, 0.4) is 0 Å². The average molecular weight is 157 g/mol. The molecule has 0 spiro atoms. The van der Waals surface area contributed by atoms with Crippen molar-refractivity contribution in [3.8, 4) is 0 Å². The fourth-order valence-electron chi connectivity index (χ4n) is 1.36. The first-order chi connectivity index (χ1) is 5.79. The highest BCUT2D eigenvalue weighted by atomic mass is 15.1. The average Bonchev–Trinajstić information content (AvgIpc) is 2.12. The summed E-state index contributed by atoms with van der Waals surface area (Å²) in [7, 11) is 0. The van der Waals surface area contributed by atoms with Crippen LogP contribution in [0.5, 0.6) is 0 Å². The van der Waals surface area contributed by atoms with Gasteiger partial charge in [0.1, 0.15) is 0 Å². The van der Waals surface area contributed by atoms with Crippen LogP contribution in [0, 0.1) is 0 Å². The van der Waals surface area contributed by atoms with E-state index in [1.165, 1.54) is 11.3 Å². The Balaban J connectivity index is 2.49. The number of rotatable bonds is 0. The summed E-state index contributed by atoms with van der Waals surface area (Å²) in [6, 6.07) is 0. The lowest BCUT2D eigenvalue weighted by Gasteiger charge is -2.25. The molecule has 0 aromatic rings.